The maximum absolute atomic E-state index is 6.04. The molecule has 2 rings (SSSR count). The van der Waals surface area contributed by atoms with Crippen LogP contribution in [0.1, 0.15) is 19.7 Å². The van der Waals surface area contributed by atoms with Crippen LogP contribution in [0.3, 0.4) is 0 Å². The molecule has 0 radical (unpaired) electrons. The van der Waals surface area contributed by atoms with E-state index in [1.54, 1.807) is 0 Å². The molecule has 0 amide bonds. The van der Waals surface area contributed by atoms with Gasteiger partial charge in [-0.1, -0.05) is 18.5 Å². The van der Waals surface area contributed by atoms with Gasteiger partial charge in [0, 0.05) is 38.2 Å². The molecule has 0 saturated carbocycles. The minimum atomic E-state index is 0.462. The Labute approximate surface area is 108 Å². The number of aromatic nitrogens is 2. The van der Waals surface area contributed by atoms with Crippen molar-refractivity contribution in [2.45, 2.75) is 26.3 Å². The molecule has 4 nitrogen and oxygen atoms in total. The molecular weight excluding hydrogens is 236 g/mol. The standard InChI is InChI=1S/C12H19ClN4/c1-4-11-14-10(13)7-12(15-11)17-6-5-16(3)8-9(17)2/h7,9H,4-6,8H2,1-3H3. The van der Waals surface area contributed by atoms with Crippen molar-refractivity contribution in [3.8, 4) is 0 Å². The molecular formula is C12H19ClN4. The van der Waals surface area contributed by atoms with Crippen molar-refractivity contribution in [3.05, 3.63) is 17.0 Å². The van der Waals surface area contributed by atoms with E-state index in [-0.39, 0.29) is 0 Å². The van der Waals surface area contributed by atoms with Crippen LogP contribution >= 0.6 is 11.6 Å². The van der Waals surface area contributed by atoms with Crippen LogP contribution in [0.2, 0.25) is 5.15 Å². The molecule has 0 aliphatic carbocycles. The predicted molar refractivity (Wildman–Crippen MR) is 70.7 cm³/mol. The van der Waals surface area contributed by atoms with Gasteiger partial charge >= 0.3 is 0 Å². The number of halogens is 1. The molecule has 0 aromatic carbocycles. The summed E-state index contributed by atoms with van der Waals surface area (Å²) < 4.78 is 0. The largest absolute Gasteiger partial charge is 0.351 e. The quantitative estimate of drug-likeness (QED) is 0.754. The van der Waals surface area contributed by atoms with Crippen LogP contribution in [0.15, 0.2) is 6.07 Å². The van der Waals surface area contributed by atoms with Gasteiger partial charge in [-0.3, -0.25) is 0 Å². The Morgan fingerprint density at radius 1 is 1.41 bits per heavy atom. The Bertz CT molecular complexity index is 396. The van der Waals surface area contributed by atoms with Crippen molar-refractivity contribution in [2.24, 2.45) is 0 Å². The summed E-state index contributed by atoms with van der Waals surface area (Å²) in [5.41, 5.74) is 0. The first-order chi connectivity index (χ1) is 8.10. The summed E-state index contributed by atoms with van der Waals surface area (Å²) in [6.07, 6.45) is 0.815. The molecule has 1 aliphatic rings. The molecule has 0 N–H and O–H groups in total. The third-order valence-corrected chi connectivity index (χ3v) is 3.36. The van der Waals surface area contributed by atoms with E-state index >= 15 is 0 Å². The zero-order valence-electron chi connectivity index (χ0n) is 10.6. The first kappa shape index (κ1) is 12.6. The average molecular weight is 255 g/mol. The number of aryl methyl sites for hydroxylation is 1. The minimum absolute atomic E-state index is 0.462. The molecule has 0 bridgehead atoms. The molecule has 0 spiro atoms. The minimum Gasteiger partial charge on any atom is -0.351 e. The second kappa shape index (κ2) is 5.19. The molecule has 1 saturated heterocycles. The van der Waals surface area contributed by atoms with Crippen molar-refractivity contribution in [1.82, 2.24) is 14.9 Å². The summed E-state index contributed by atoms with van der Waals surface area (Å²) >= 11 is 6.04. The summed E-state index contributed by atoms with van der Waals surface area (Å²) in [6, 6.07) is 2.33. The Morgan fingerprint density at radius 2 is 2.18 bits per heavy atom. The first-order valence-electron chi connectivity index (χ1n) is 6.08. The monoisotopic (exact) mass is 254 g/mol. The number of nitrogens with zero attached hydrogens (tertiary/aromatic N) is 4. The van der Waals surface area contributed by atoms with Gasteiger partial charge in [-0.25, -0.2) is 9.97 Å². The third kappa shape index (κ3) is 2.87. The van der Waals surface area contributed by atoms with Gasteiger partial charge in [0.2, 0.25) is 0 Å². The molecule has 5 heteroatoms. The van der Waals surface area contributed by atoms with Gasteiger partial charge in [0.25, 0.3) is 0 Å². The van der Waals surface area contributed by atoms with Gasteiger partial charge in [0.05, 0.1) is 0 Å². The Morgan fingerprint density at radius 3 is 2.82 bits per heavy atom. The highest BCUT2D eigenvalue weighted by atomic mass is 35.5. The van der Waals surface area contributed by atoms with Crippen LogP contribution in [0.4, 0.5) is 5.82 Å². The predicted octanol–water partition coefficient (Wildman–Crippen LogP) is 1.83. The summed E-state index contributed by atoms with van der Waals surface area (Å²) in [5.74, 6) is 1.78. The molecule has 1 aromatic heterocycles. The van der Waals surface area contributed by atoms with Gasteiger partial charge in [-0.15, -0.1) is 0 Å². The van der Waals surface area contributed by atoms with Gasteiger partial charge in [0.15, 0.2) is 0 Å². The fourth-order valence-electron chi connectivity index (χ4n) is 2.24. The van der Waals surface area contributed by atoms with E-state index in [1.807, 2.05) is 13.0 Å². The van der Waals surface area contributed by atoms with Crippen molar-refractivity contribution >= 4 is 17.4 Å². The van der Waals surface area contributed by atoms with Gasteiger partial charge in [-0.2, -0.15) is 0 Å². The summed E-state index contributed by atoms with van der Waals surface area (Å²) in [5, 5.41) is 0.540. The summed E-state index contributed by atoms with van der Waals surface area (Å²) in [7, 11) is 2.15. The van der Waals surface area contributed by atoms with E-state index < -0.39 is 0 Å². The number of anilines is 1. The number of rotatable bonds is 2. The van der Waals surface area contributed by atoms with Crippen molar-refractivity contribution in [3.63, 3.8) is 0 Å². The van der Waals surface area contributed by atoms with Crippen LogP contribution < -0.4 is 4.90 Å². The molecule has 1 aliphatic heterocycles. The molecule has 1 aromatic rings. The van der Waals surface area contributed by atoms with Gasteiger partial charge < -0.3 is 9.80 Å². The highest BCUT2D eigenvalue weighted by molar-refractivity contribution is 6.29. The van der Waals surface area contributed by atoms with Gasteiger partial charge in [0.1, 0.15) is 16.8 Å². The van der Waals surface area contributed by atoms with Crippen LogP contribution in [-0.2, 0) is 6.42 Å². The molecule has 94 valence electrons. The number of likely N-dealkylation sites (N-methyl/N-ethyl adjacent to an activating group) is 1. The fourth-order valence-corrected chi connectivity index (χ4v) is 2.43. The Hall–Kier alpha value is -0.870. The first-order valence-corrected chi connectivity index (χ1v) is 6.46. The number of hydrogen-bond acceptors (Lipinski definition) is 4. The highest BCUT2D eigenvalue weighted by Gasteiger charge is 2.23. The number of hydrogen-bond donors (Lipinski definition) is 0. The maximum atomic E-state index is 6.04. The van der Waals surface area contributed by atoms with Crippen LogP contribution in [-0.4, -0.2) is 47.6 Å². The van der Waals surface area contributed by atoms with Gasteiger partial charge in [-0.05, 0) is 14.0 Å². The second-order valence-electron chi connectivity index (χ2n) is 4.62. The smallest absolute Gasteiger partial charge is 0.134 e. The van der Waals surface area contributed by atoms with E-state index in [1.165, 1.54) is 0 Å². The lowest BCUT2D eigenvalue weighted by Gasteiger charge is -2.39. The van der Waals surface area contributed by atoms with Crippen molar-refractivity contribution in [2.75, 3.05) is 31.6 Å². The lowest BCUT2D eigenvalue weighted by Crippen LogP contribution is -2.50. The molecule has 17 heavy (non-hydrogen) atoms. The van der Waals surface area contributed by atoms with E-state index in [2.05, 4.69) is 33.7 Å². The third-order valence-electron chi connectivity index (χ3n) is 3.17. The van der Waals surface area contributed by atoms with E-state index in [0.717, 1.165) is 37.7 Å². The summed E-state index contributed by atoms with van der Waals surface area (Å²) in [6.45, 7) is 7.38. The van der Waals surface area contributed by atoms with Crippen LogP contribution in [0.5, 0.6) is 0 Å². The highest BCUT2D eigenvalue weighted by Crippen LogP contribution is 2.20. The molecule has 1 atom stereocenters. The van der Waals surface area contributed by atoms with Crippen molar-refractivity contribution in [1.29, 1.82) is 0 Å². The van der Waals surface area contributed by atoms with Crippen molar-refractivity contribution < 1.29 is 0 Å². The van der Waals surface area contributed by atoms with Crippen LogP contribution in [0.25, 0.3) is 0 Å². The molecule has 1 unspecified atom stereocenters. The van der Waals surface area contributed by atoms with E-state index in [0.29, 0.717) is 11.2 Å². The SMILES string of the molecule is CCc1nc(Cl)cc(N2CCN(C)CC2C)n1. The zero-order valence-corrected chi connectivity index (χ0v) is 11.4. The fraction of sp³-hybridized carbons (Fsp3) is 0.667. The zero-order chi connectivity index (χ0) is 12.4. The normalized spacial score (nSPS) is 21.9. The van der Waals surface area contributed by atoms with Crippen LogP contribution in [0, 0.1) is 0 Å². The maximum Gasteiger partial charge on any atom is 0.134 e. The molecule has 1 fully saturated rings. The number of piperazine rings is 1. The van der Waals surface area contributed by atoms with E-state index in [9.17, 15) is 0 Å². The van der Waals surface area contributed by atoms with E-state index in [4.69, 9.17) is 11.6 Å². The lowest BCUT2D eigenvalue weighted by atomic mass is 10.2. The topological polar surface area (TPSA) is 32.3 Å². The summed E-state index contributed by atoms with van der Waals surface area (Å²) in [4.78, 5) is 13.4. The molecule has 2 heterocycles. The Kier molecular flexibility index (Phi) is 3.84. The Balaban J connectivity index is 2.24. The second-order valence-corrected chi connectivity index (χ2v) is 5.01. The lowest BCUT2D eigenvalue weighted by molar-refractivity contribution is 0.274. The average Bonchev–Trinajstić information content (AvgIpc) is 2.28.